The van der Waals surface area contributed by atoms with Gasteiger partial charge in [-0.1, -0.05) is 6.07 Å². The molecule has 0 spiro atoms. The SMILES string of the molecule is Cc1ccc(C(=O)O)cc1N(c1cnccn1)c1ncccn1. The summed E-state index contributed by atoms with van der Waals surface area (Å²) in [4.78, 5) is 29.8. The number of anilines is 3. The molecule has 0 aliphatic rings. The first-order chi connectivity index (χ1) is 11.2. The zero-order valence-corrected chi connectivity index (χ0v) is 12.3. The number of aromatic carboxylic acids is 1. The molecule has 0 bridgehead atoms. The van der Waals surface area contributed by atoms with E-state index in [1.54, 1.807) is 60.1 Å². The van der Waals surface area contributed by atoms with E-state index in [-0.39, 0.29) is 5.56 Å². The molecule has 3 rings (SSSR count). The molecule has 0 fully saturated rings. The predicted molar refractivity (Wildman–Crippen MR) is 84.0 cm³/mol. The molecule has 1 N–H and O–H groups in total. The molecular formula is C16H13N5O2. The van der Waals surface area contributed by atoms with Crippen LogP contribution < -0.4 is 4.90 Å². The molecule has 2 heterocycles. The first-order valence-corrected chi connectivity index (χ1v) is 6.84. The minimum Gasteiger partial charge on any atom is -0.478 e. The van der Waals surface area contributed by atoms with Gasteiger partial charge in [0.15, 0.2) is 5.82 Å². The van der Waals surface area contributed by atoms with Crippen molar-refractivity contribution < 1.29 is 9.90 Å². The minimum atomic E-state index is -1.00. The highest BCUT2D eigenvalue weighted by Gasteiger charge is 2.19. The Morgan fingerprint density at radius 2 is 1.87 bits per heavy atom. The van der Waals surface area contributed by atoms with Gasteiger partial charge in [-0.05, 0) is 30.7 Å². The molecule has 114 valence electrons. The van der Waals surface area contributed by atoms with Crippen LogP contribution in [0.5, 0.6) is 0 Å². The van der Waals surface area contributed by atoms with Gasteiger partial charge in [0.1, 0.15) is 0 Å². The molecule has 0 saturated carbocycles. The Kier molecular flexibility index (Phi) is 3.92. The zero-order chi connectivity index (χ0) is 16.2. The second-order valence-electron chi connectivity index (χ2n) is 4.75. The van der Waals surface area contributed by atoms with Gasteiger partial charge in [-0.15, -0.1) is 0 Å². The third-order valence-corrected chi connectivity index (χ3v) is 3.23. The highest BCUT2D eigenvalue weighted by Crippen LogP contribution is 2.32. The summed E-state index contributed by atoms with van der Waals surface area (Å²) < 4.78 is 0. The van der Waals surface area contributed by atoms with E-state index in [0.29, 0.717) is 17.5 Å². The standard InChI is InChI=1S/C16H13N5O2/c1-11-3-4-12(15(22)23)9-13(11)21(14-10-17-7-8-18-14)16-19-5-2-6-20-16/h2-10H,1H3,(H,22,23). The summed E-state index contributed by atoms with van der Waals surface area (Å²) in [5.41, 5.74) is 1.68. The van der Waals surface area contributed by atoms with Crippen molar-refractivity contribution in [2.45, 2.75) is 6.92 Å². The van der Waals surface area contributed by atoms with Crippen molar-refractivity contribution in [2.24, 2.45) is 0 Å². The van der Waals surface area contributed by atoms with E-state index < -0.39 is 5.97 Å². The lowest BCUT2D eigenvalue weighted by Gasteiger charge is -2.23. The molecule has 0 unspecified atom stereocenters. The quantitative estimate of drug-likeness (QED) is 0.792. The molecule has 23 heavy (non-hydrogen) atoms. The van der Waals surface area contributed by atoms with E-state index in [1.165, 1.54) is 0 Å². The zero-order valence-electron chi connectivity index (χ0n) is 12.3. The van der Waals surface area contributed by atoms with Gasteiger partial charge in [-0.25, -0.2) is 19.7 Å². The van der Waals surface area contributed by atoms with Crippen molar-refractivity contribution in [1.29, 1.82) is 0 Å². The van der Waals surface area contributed by atoms with Gasteiger partial charge in [0.25, 0.3) is 0 Å². The first kappa shape index (κ1) is 14.6. The minimum absolute atomic E-state index is 0.176. The second-order valence-corrected chi connectivity index (χ2v) is 4.75. The highest BCUT2D eigenvalue weighted by atomic mass is 16.4. The number of aryl methyl sites for hydroxylation is 1. The first-order valence-electron chi connectivity index (χ1n) is 6.84. The Balaban J connectivity index is 2.21. The van der Waals surface area contributed by atoms with E-state index >= 15 is 0 Å². The van der Waals surface area contributed by atoms with Crippen LogP contribution in [0.15, 0.2) is 55.2 Å². The van der Waals surface area contributed by atoms with Crippen LogP contribution in [0, 0.1) is 6.92 Å². The number of hydrogen-bond acceptors (Lipinski definition) is 6. The van der Waals surface area contributed by atoms with Crippen molar-refractivity contribution in [3.8, 4) is 0 Å². The van der Waals surface area contributed by atoms with E-state index in [9.17, 15) is 9.90 Å². The molecule has 3 aromatic rings. The van der Waals surface area contributed by atoms with Crippen LogP contribution >= 0.6 is 0 Å². The summed E-state index contributed by atoms with van der Waals surface area (Å²) in [7, 11) is 0. The van der Waals surface area contributed by atoms with Gasteiger partial charge in [0.05, 0.1) is 17.4 Å². The molecule has 0 amide bonds. The van der Waals surface area contributed by atoms with E-state index in [0.717, 1.165) is 5.56 Å². The number of rotatable bonds is 4. The molecule has 0 aliphatic carbocycles. The molecular weight excluding hydrogens is 294 g/mol. The van der Waals surface area contributed by atoms with Crippen LogP contribution in [-0.2, 0) is 0 Å². The number of carboxylic acid groups (broad SMARTS) is 1. The van der Waals surface area contributed by atoms with Crippen LogP contribution in [0.25, 0.3) is 0 Å². The maximum Gasteiger partial charge on any atom is 0.335 e. The third kappa shape index (κ3) is 2.98. The predicted octanol–water partition coefficient (Wildman–Crippen LogP) is 2.74. The van der Waals surface area contributed by atoms with E-state index in [4.69, 9.17) is 0 Å². The summed E-state index contributed by atoms with van der Waals surface area (Å²) in [6.45, 7) is 1.88. The number of aromatic nitrogens is 4. The van der Waals surface area contributed by atoms with Gasteiger partial charge in [-0.3, -0.25) is 9.88 Å². The van der Waals surface area contributed by atoms with Crippen molar-refractivity contribution in [3.05, 3.63) is 66.4 Å². The summed E-state index contributed by atoms with van der Waals surface area (Å²) in [5.74, 6) is -0.109. The van der Waals surface area contributed by atoms with Crippen LogP contribution in [0.2, 0.25) is 0 Å². The van der Waals surface area contributed by atoms with Crippen molar-refractivity contribution in [3.63, 3.8) is 0 Å². The molecule has 0 atom stereocenters. The van der Waals surface area contributed by atoms with Crippen molar-refractivity contribution >= 4 is 23.4 Å². The number of carboxylic acids is 1. The lowest BCUT2D eigenvalue weighted by atomic mass is 10.1. The van der Waals surface area contributed by atoms with Crippen LogP contribution in [0.3, 0.4) is 0 Å². The van der Waals surface area contributed by atoms with Crippen LogP contribution in [-0.4, -0.2) is 31.0 Å². The highest BCUT2D eigenvalue weighted by molar-refractivity contribution is 5.90. The summed E-state index contributed by atoms with van der Waals surface area (Å²) in [6, 6.07) is 6.58. The Morgan fingerprint density at radius 1 is 1.09 bits per heavy atom. The van der Waals surface area contributed by atoms with E-state index in [1.807, 2.05) is 6.92 Å². The molecule has 7 heteroatoms. The number of nitrogens with zero attached hydrogens (tertiary/aromatic N) is 5. The van der Waals surface area contributed by atoms with Gasteiger partial charge < -0.3 is 5.11 Å². The summed E-state index contributed by atoms with van der Waals surface area (Å²) in [6.07, 6.45) is 7.92. The summed E-state index contributed by atoms with van der Waals surface area (Å²) in [5, 5.41) is 9.25. The monoisotopic (exact) mass is 307 g/mol. The molecule has 0 radical (unpaired) electrons. The number of carbonyl (C=O) groups is 1. The summed E-state index contributed by atoms with van der Waals surface area (Å²) >= 11 is 0. The van der Waals surface area contributed by atoms with Gasteiger partial charge >= 0.3 is 5.97 Å². The smallest absolute Gasteiger partial charge is 0.335 e. The molecule has 2 aromatic heterocycles. The fourth-order valence-corrected chi connectivity index (χ4v) is 2.13. The van der Waals surface area contributed by atoms with Crippen molar-refractivity contribution in [1.82, 2.24) is 19.9 Å². The molecule has 0 aliphatic heterocycles. The number of hydrogen-bond donors (Lipinski definition) is 1. The Bertz CT molecular complexity index is 785. The lowest BCUT2D eigenvalue weighted by Crippen LogP contribution is -2.16. The largest absolute Gasteiger partial charge is 0.478 e. The van der Waals surface area contributed by atoms with Crippen molar-refractivity contribution in [2.75, 3.05) is 4.90 Å². The lowest BCUT2D eigenvalue weighted by molar-refractivity contribution is 0.0697. The van der Waals surface area contributed by atoms with E-state index in [2.05, 4.69) is 19.9 Å². The molecule has 1 aromatic carbocycles. The van der Waals surface area contributed by atoms with Gasteiger partial charge in [0.2, 0.25) is 5.95 Å². The Labute approximate surface area is 132 Å². The maximum absolute atomic E-state index is 11.3. The Hall–Kier alpha value is -3.35. The van der Waals surface area contributed by atoms with Crippen LogP contribution in [0.1, 0.15) is 15.9 Å². The van der Waals surface area contributed by atoms with Gasteiger partial charge in [-0.2, -0.15) is 0 Å². The Morgan fingerprint density at radius 3 is 2.52 bits per heavy atom. The maximum atomic E-state index is 11.3. The second kappa shape index (κ2) is 6.18. The fourth-order valence-electron chi connectivity index (χ4n) is 2.13. The molecule has 0 saturated heterocycles. The third-order valence-electron chi connectivity index (χ3n) is 3.23. The average molecular weight is 307 g/mol. The average Bonchev–Trinajstić information content (AvgIpc) is 2.58. The van der Waals surface area contributed by atoms with Crippen LogP contribution in [0.4, 0.5) is 17.5 Å². The van der Waals surface area contributed by atoms with Gasteiger partial charge in [0, 0.05) is 24.8 Å². The number of benzene rings is 1. The topological polar surface area (TPSA) is 92.1 Å². The normalized spacial score (nSPS) is 10.3. The molecule has 7 nitrogen and oxygen atoms in total. The fraction of sp³-hybridized carbons (Fsp3) is 0.0625.